The molecule has 1 aromatic heterocycles. The summed E-state index contributed by atoms with van der Waals surface area (Å²) in [6.07, 6.45) is 1.89. The van der Waals surface area contributed by atoms with Gasteiger partial charge in [0.05, 0.1) is 6.20 Å². The Kier molecular flexibility index (Phi) is 6.41. The largest absolute Gasteiger partial charge is 0.465 e. The Hall–Kier alpha value is -3.00. The van der Waals surface area contributed by atoms with Crippen molar-refractivity contribution in [2.45, 2.75) is 23.6 Å². The summed E-state index contributed by atoms with van der Waals surface area (Å²) in [7, 11) is 0. The molecule has 7 nitrogen and oxygen atoms in total. The van der Waals surface area contributed by atoms with Crippen molar-refractivity contribution >= 4 is 35.3 Å². The van der Waals surface area contributed by atoms with Crippen LogP contribution in [0.1, 0.15) is 12.6 Å². The van der Waals surface area contributed by atoms with E-state index >= 15 is 0 Å². The highest BCUT2D eigenvalue weighted by Crippen LogP contribution is 2.27. The zero-order valence-electron chi connectivity index (χ0n) is 13.7. The van der Waals surface area contributed by atoms with E-state index in [9.17, 15) is 9.59 Å². The number of aromatic nitrogens is 2. The molecule has 1 heterocycles. The molecule has 1 aromatic carbocycles. The Labute approximate surface area is 149 Å². The summed E-state index contributed by atoms with van der Waals surface area (Å²) in [4.78, 5) is 30.7. The normalized spacial score (nSPS) is 9.84. The van der Waals surface area contributed by atoms with Crippen LogP contribution in [-0.4, -0.2) is 27.1 Å². The van der Waals surface area contributed by atoms with Crippen LogP contribution in [-0.2, 0) is 4.79 Å². The number of aromatic amines is 1. The maximum atomic E-state index is 11.0. The smallest absolute Gasteiger partial charge is 0.410 e. The van der Waals surface area contributed by atoms with Gasteiger partial charge in [-0.3, -0.25) is 15.1 Å². The molecule has 2 aromatic rings. The molecule has 4 N–H and O–H groups in total. The van der Waals surface area contributed by atoms with Crippen molar-refractivity contribution in [2.24, 2.45) is 0 Å². The average molecular weight is 358 g/mol. The Morgan fingerprint density at radius 1 is 1.04 bits per heavy atom. The molecule has 0 unspecified atom stereocenters. The average Bonchev–Trinajstić information content (AvgIpc) is 2.60. The van der Waals surface area contributed by atoms with Crippen molar-refractivity contribution in [3.8, 4) is 0 Å². The van der Waals surface area contributed by atoms with Crippen LogP contribution in [0.3, 0.4) is 0 Å². The molecule has 0 saturated carbocycles. The van der Waals surface area contributed by atoms with Gasteiger partial charge in [0, 0.05) is 34.3 Å². The van der Waals surface area contributed by atoms with E-state index in [1.165, 1.54) is 24.9 Å². The molecule has 0 aliphatic carbocycles. The lowest BCUT2D eigenvalue weighted by Gasteiger charge is -2.03. The summed E-state index contributed by atoms with van der Waals surface area (Å²) >= 11 is 1.50. The van der Waals surface area contributed by atoms with Gasteiger partial charge in [-0.05, 0) is 43.3 Å². The van der Waals surface area contributed by atoms with Gasteiger partial charge in [0.1, 0.15) is 5.82 Å². The molecule has 0 aliphatic heterocycles. The highest BCUT2D eigenvalue weighted by Gasteiger charge is 2.00. The van der Waals surface area contributed by atoms with E-state index in [1.54, 1.807) is 6.20 Å². The topological polar surface area (TPSA) is 107 Å². The first-order valence-corrected chi connectivity index (χ1v) is 8.18. The number of carbonyl (C=O) groups excluding carboxylic acids is 1. The zero-order chi connectivity index (χ0) is 18.2. The minimum absolute atomic E-state index is 0.114. The van der Waals surface area contributed by atoms with Crippen LogP contribution >= 0.6 is 11.8 Å². The third-order valence-electron chi connectivity index (χ3n) is 2.89. The summed E-state index contributed by atoms with van der Waals surface area (Å²) in [6, 6.07) is 11.2. The molecule has 2 rings (SSSR count). The first kappa shape index (κ1) is 18.3. The predicted octanol–water partition coefficient (Wildman–Crippen LogP) is 4.04. The minimum Gasteiger partial charge on any atom is -0.465 e. The second-order valence-electron chi connectivity index (χ2n) is 5.10. The molecule has 2 amide bonds. The van der Waals surface area contributed by atoms with Gasteiger partial charge in [0.2, 0.25) is 5.91 Å². The highest BCUT2D eigenvalue weighted by atomic mass is 32.2. The van der Waals surface area contributed by atoms with Gasteiger partial charge in [-0.15, -0.1) is 0 Å². The van der Waals surface area contributed by atoms with Gasteiger partial charge in [-0.25, -0.2) is 4.79 Å². The van der Waals surface area contributed by atoms with Crippen molar-refractivity contribution in [3.63, 3.8) is 0 Å². The lowest BCUT2D eigenvalue weighted by atomic mass is 10.3. The van der Waals surface area contributed by atoms with Crippen LogP contribution in [0, 0.1) is 6.92 Å². The number of rotatable bonds is 4. The van der Waals surface area contributed by atoms with Crippen LogP contribution in [0.25, 0.3) is 0 Å². The number of hydrogen-bond acceptors (Lipinski definition) is 4. The van der Waals surface area contributed by atoms with Crippen LogP contribution < -0.4 is 10.6 Å². The lowest BCUT2D eigenvalue weighted by Crippen LogP contribution is -2.08. The molecule has 130 valence electrons. The van der Waals surface area contributed by atoms with Gasteiger partial charge in [-0.2, -0.15) is 0 Å². The van der Waals surface area contributed by atoms with Gasteiger partial charge in [-0.1, -0.05) is 11.8 Å². The number of H-pyrrole nitrogens is 1. The number of amides is 2. The predicted molar refractivity (Wildman–Crippen MR) is 97.5 cm³/mol. The van der Waals surface area contributed by atoms with Gasteiger partial charge < -0.3 is 15.4 Å². The number of anilines is 2. The van der Waals surface area contributed by atoms with Crippen molar-refractivity contribution in [1.82, 2.24) is 9.97 Å². The SMILES string of the molecule is CC(=O)Nc1ccc(Sc2ccc(C)[nH]c(NC(=O)O)cnc2)cc1. The molecule has 25 heavy (non-hydrogen) atoms. The quantitative estimate of drug-likeness (QED) is 0.660. The molecular weight excluding hydrogens is 340 g/mol. The summed E-state index contributed by atoms with van der Waals surface area (Å²) in [5.41, 5.74) is 1.51. The van der Waals surface area contributed by atoms with E-state index in [0.29, 0.717) is 0 Å². The summed E-state index contributed by atoms with van der Waals surface area (Å²) in [5, 5.41) is 13.8. The maximum Gasteiger partial charge on any atom is 0.410 e. The third kappa shape index (κ3) is 6.56. The van der Waals surface area contributed by atoms with Crippen LogP contribution in [0.2, 0.25) is 0 Å². The summed E-state index contributed by atoms with van der Waals surface area (Å²) in [6.45, 7) is 3.29. The van der Waals surface area contributed by atoms with Crippen molar-refractivity contribution in [1.29, 1.82) is 0 Å². The fourth-order valence-corrected chi connectivity index (χ4v) is 2.70. The highest BCUT2D eigenvalue weighted by molar-refractivity contribution is 7.99. The number of nitrogens with zero attached hydrogens (tertiary/aromatic N) is 1. The van der Waals surface area contributed by atoms with E-state index < -0.39 is 6.09 Å². The number of aryl methyl sites for hydroxylation is 1. The lowest BCUT2D eigenvalue weighted by molar-refractivity contribution is -0.114. The first-order valence-electron chi connectivity index (χ1n) is 7.37. The molecule has 0 spiro atoms. The second kappa shape index (κ2) is 8.74. The van der Waals surface area contributed by atoms with Crippen LogP contribution in [0.5, 0.6) is 0 Å². The van der Waals surface area contributed by atoms with Gasteiger partial charge >= 0.3 is 6.09 Å². The molecule has 0 saturated heterocycles. The third-order valence-corrected chi connectivity index (χ3v) is 3.87. The first-order chi connectivity index (χ1) is 11.9. The Morgan fingerprint density at radius 3 is 2.36 bits per heavy atom. The zero-order valence-corrected chi connectivity index (χ0v) is 14.6. The molecule has 8 heteroatoms. The van der Waals surface area contributed by atoms with E-state index in [0.717, 1.165) is 21.2 Å². The fourth-order valence-electron chi connectivity index (χ4n) is 1.91. The molecule has 0 atom stereocenters. The standard InChI is InChI=1S/C17H18N4O3S/c1-11-3-6-15(9-18-10-16(19-11)21-17(23)24)25-14-7-4-13(5-8-14)20-12(2)22/h3-10,19,21H,1-2H3,(H,20,22)(H,23,24). The van der Waals surface area contributed by atoms with E-state index in [1.807, 2.05) is 43.3 Å². The number of carboxylic acid groups (broad SMARTS) is 1. The summed E-state index contributed by atoms with van der Waals surface area (Å²) < 4.78 is 0. The number of hydrogen-bond donors (Lipinski definition) is 4. The monoisotopic (exact) mass is 358 g/mol. The van der Waals surface area contributed by atoms with E-state index in [4.69, 9.17) is 5.11 Å². The fraction of sp³-hybridized carbons (Fsp3) is 0.118. The molecule has 0 fully saturated rings. The summed E-state index contributed by atoms with van der Waals surface area (Å²) in [5.74, 6) is 0.161. The van der Waals surface area contributed by atoms with Crippen LogP contribution in [0.15, 0.2) is 58.6 Å². The molecule has 0 bridgehead atoms. The van der Waals surface area contributed by atoms with E-state index in [2.05, 4.69) is 20.6 Å². The van der Waals surface area contributed by atoms with Crippen molar-refractivity contribution in [3.05, 3.63) is 54.5 Å². The molecular formula is C17H18N4O3S. The molecule has 0 aliphatic rings. The van der Waals surface area contributed by atoms with Gasteiger partial charge in [0.15, 0.2) is 0 Å². The van der Waals surface area contributed by atoms with Crippen LogP contribution in [0.4, 0.5) is 16.3 Å². The molecule has 0 radical (unpaired) electrons. The second-order valence-corrected chi connectivity index (χ2v) is 6.25. The number of carbonyl (C=O) groups is 2. The van der Waals surface area contributed by atoms with E-state index in [-0.39, 0.29) is 11.7 Å². The number of nitrogens with one attached hydrogen (secondary N) is 3. The van der Waals surface area contributed by atoms with Crippen molar-refractivity contribution in [2.75, 3.05) is 10.6 Å². The van der Waals surface area contributed by atoms with Gasteiger partial charge in [0.25, 0.3) is 0 Å². The van der Waals surface area contributed by atoms with Crippen molar-refractivity contribution < 1.29 is 14.7 Å². The maximum absolute atomic E-state index is 11.0. The minimum atomic E-state index is -1.16. The number of benzene rings is 1. The Morgan fingerprint density at radius 2 is 1.72 bits per heavy atom. The Balaban J connectivity index is 2.22. The Bertz CT molecular complexity index is 817.